The van der Waals surface area contributed by atoms with E-state index in [1.807, 2.05) is 36.4 Å². The van der Waals surface area contributed by atoms with Crippen molar-refractivity contribution < 1.29 is 4.39 Å². The topological polar surface area (TPSA) is 51.8 Å². The smallest absolute Gasteiger partial charge is 0.141 e. The van der Waals surface area contributed by atoms with Crippen molar-refractivity contribution in [1.82, 2.24) is 9.97 Å². The highest BCUT2D eigenvalue weighted by Crippen LogP contribution is 2.40. The molecule has 2 aromatic carbocycles. The van der Waals surface area contributed by atoms with Crippen LogP contribution >= 0.6 is 0 Å². The number of aromatic nitrogens is 2. The molecule has 0 saturated heterocycles. The van der Waals surface area contributed by atoms with Crippen LogP contribution in [0.25, 0.3) is 11.3 Å². The minimum absolute atomic E-state index is 0.188. The zero-order valence-electron chi connectivity index (χ0n) is 14.0. The second-order valence-electron chi connectivity index (χ2n) is 6.61. The Hall–Kier alpha value is -2.75. The standard InChI is InChI=1S/C21H20FN3/c22-21-17(19-12-25-20(23)13-24-19)10-9-16(15-7-4-8-15)18(21)11-14-5-2-1-3-6-14/h1-3,5-6,9-10,12-13,15H,4,7-8,11H2,(H2,23,25). The Morgan fingerprint density at radius 1 is 1.00 bits per heavy atom. The maximum atomic E-state index is 15.4. The molecule has 1 aliphatic rings. The molecule has 0 amide bonds. The predicted octanol–water partition coefficient (Wildman–Crippen LogP) is 4.72. The molecule has 1 fully saturated rings. The summed E-state index contributed by atoms with van der Waals surface area (Å²) in [5.41, 5.74) is 9.64. The maximum Gasteiger partial charge on any atom is 0.141 e. The molecule has 0 radical (unpaired) electrons. The van der Waals surface area contributed by atoms with Crippen molar-refractivity contribution >= 4 is 5.82 Å². The number of hydrogen-bond donors (Lipinski definition) is 1. The van der Waals surface area contributed by atoms with Gasteiger partial charge in [-0.25, -0.2) is 9.37 Å². The van der Waals surface area contributed by atoms with Gasteiger partial charge in [0.2, 0.25) is 0 Å². The molecule has 0 aliphatic heterocycles. The number of halogens is 1. The molecule has 1 aliphatic carbocycles. The van der Waals surface area contributed by atoms with Crippen molar-refractivity contribution in [3.63, 3.8) is 0 Å². The van der Waals surface area contributed by atoms with Gasteiger partial charge >= 0.3 is 0 Å². The van der Waals surface area contributed by atoms with Gasteiger partial charge in [-0.1, -0.05) is 42.8 Å². The van der Waals surface area contributed by atoms with Crippen LogP contribution in [0.2, 0.25) is 0 Å². The quantitative estimate of drug-likeness (QED) is 0.751. The van der Waals surface area contributed by atoms with Crippen LogP contribution in [0.5, 0.6) is 0 Å². The lowest BCUT2D eigenvalue weighted by Crippen LogP contribution is -2.13. The van der Waals surface area contributed by atoms with E-state index in [-0.39, 0.29) is 5.82 Å². The lowest BCUT2D eigenvalue weighted by atomic mass is 9.76. The third kappa shape index (κ3) is 3.12. The first kappa shape index (κ1) is 15.8. The summed E-state index contributed by atoms with van der Waals surface area (Å²) >= 11 is 0. The van der Waals surface area contributed by atoms with Crippen LogP contribution in [0.3, 0.4) is 0 Å². The average Bonchev–Trinajstić information content (AvgIpc) is 2.59. The fourth-order valence-electron chi connectivity index (χ4n) is 3.39. The van der Waals surface area contributed by atoms with E-state index in [0.29, 0.717) is 29.4 Å². The van der Waals surface area contributed by atoms with Gasteiger partial charge in [0.1, 0.15) is 11.6 Å². The summed E-state index contributed by atoms with van der Waals surface area (Å²) in [4.78, 5) is 8.28. The highest BCUT2D eigenvalue weighted by molar-refractivity contribution is 5.62. The van der Waals surface area contributed by atoms with E-state index < -0.39 is 0 Å². The summed E-state index contributed by atoms with van der Waals surface area (Å²) in [6.07, 6.45) is 7.09. The van der Waals surface area contributed by atoms with Gasteiger partial charge in [-0.3, -0.25) is 4.98 Å². The molecule has 0 atom stereocenters. The molecule has 3 nitrogen and oxygen atoms in total. The number of hydrogen-bond acceptors (Lipinski definition) is 3. The second kappa shape index (κ2) is 6.63. The number of nitrogens with zero attached hydrogens (tertiary/aromatic N) is 2. The highest BCUT2D eigenvalue weighted by Gasteiger charge is 2.25. The van der Waals surface area contributed by atoms with Crippen molar-refractivity contribution in [3.8, 4) is 11.3 Å². The zero-order valence-corrected chi connectivity index (χ0v) is 14.0. The van der Waals surface area contributed by atoms with Gasteiger partial charge in [0.15, 0.2) is 0 Å². The third-order valence-corrected chi connectivity index (χ3v) is 5.00. The Morgan fingerprint density at radius 2 is 1.80 bits per heavy atom. The van der Waals surface area contributed by atoms with Crippen molar-refractivity contribution in [2.45, 2.75) is 31.6 Å². The lowest BCUT2D eigenvalue weighted by molar-refractivity contribution is 0.415. The van der Waals surface area contributed by atoms with Gasteiger partial charge in [-0.2, -0.15) is 0 Å². The van der Waals surface area contributed by atoms with E-state index in [4.69, 9.17) is 5.73 Å². The summed E-state index contributed by atoms with van der Waals surface area (Å²) in [5.74, 6) is 0.617. The van der Waals surface area contributed by atoms with E-state index in [1.165, 1.54) is 18.8 Å². The first-order chi connectivity index (χ1) is 12.2. The Kier molecular flexibility index (Phi) is 4.18. The molecule has 1 aromatic heterocycles. The van der Waals surface area contributed by atoms with E-state index in [0.717, 1.165) is 29.5 Å². The van der Waals surface area contributed by atoms with E-state index in [9.17, 15) is 0 Å². The maximum absolute atomic E-state index is 15.4. The molecule has 126 valence electrons. The van der Waals surface area contributed by atoms with E-state index in [1.54, 1.807) is 0 Å². The Balaban J connectivity index is 1.79. The van der Waals surface area contributed by atoms with Gasteiger partial charge in [0.25, 0.3) is 0 Å². The van der Waals surface area contributed by atoms with Crippen LogP contribution in [-0.2, 0) is 6.42 Å². The highest BCUT2D eigenvalue weighted by atomic mass is 19.1. The molecule has 0 unspecified atom stereocenters. The van der Waals surface area contributed by atoms with Crippen molar-refractivity contribution in [1.29, 1.82) is 0 Å². The van der Waals surface area contributed by atoms with E-state index in [2.05, 4.69) is 16.0 Å². The molecule has 2 N–H and O–H groups in total. The van der Waals surface area contributed by atoms with Crippen LogP contribution in [0.1, 0.15) is 41.9 Å². The summed E-state index contributed by atoms with van der Waals surface area (Å²) in [6, 6.07) is 13.9. The molecule has 0 spiro atoms. The fourth-order valence-corrected chi connectivity index (χ4v) is 3.39. The zero-order chi connectivity index (χ0) is 17.2. The van der Waals surface area contributed by atoms with Crippen LogP contribution in [0.4, 0.5) is 10.2 Å². The molecular formula is C21H20FN3. The first-order valence-corrected chi connectivity index (χ1v) is 8.65. The summed E-state index contributed by atoms with van der Waals surface area (Å²) < 4.78 is 15.4. The number of rotatable bonds is 4. The van der Waals surface area contributed by atoms with Crippen LogP contribution in [0, 0.1) is 5.82 Å². The Labute approximate surface area is 146 Å². The molecular weight excluding hydrogens is 313 g/mol. The SMILES string of the molecule is Nc1cnc(-c2ccc(C3CCC3)c(Cc3ccccc3)c2F)cn1. The third-order valence-electron chi connectivity index (χ3n) is 5.00. The van der Waals surface area contributed by atoms with Crippen molar-refractivity contribution in [3.05, 3.63) is 77.4 Å². The summed E-state index contributed by atoms with van der Waals surface area (Å²) in [6.45, 7) is 0. The minimum atomic E-state index is -0.188. The number of nitrogens with two attached hydrogens (primary N) is 1. The van der Waals surface area contributed by atoms with Gasteiger partial charge in [0, 0.05) is 12.0 Å². The predicted molar refractivity (Wildman–Crippen MR) is 97.7 cm³/mol. The minimum Gasteiger partial charge on any atom is -0.382 e. The Morgan fingerprint density at radius 3 is 2.44 bits per heavy atom. The lowest BCUT2D eigenvalue weighted by Gasteiger charge is -2.29. The van der Waals surface area contributed by atoms with Gasteiger partial charge in [-0.15, -0.1) is 0 Å². The number of benzene rings is 2. The van der Waals surface area contributed by atoms with Crippen LogP contribution in [0.15, 0.2) is 54.9 Å². The first-order valence-electron chi connectivity index (χ1n) is 8.65. The van der Waals surface area contributed by atoms with Gasteiger partial charge < -0.3 is 5.73 Å². The van der Waals surface area contributed by atoms with Crippen molar-refractivity contribution in [2.75, 3.05) is 5.73 Å². The summed E-state index contributed by atoms with van der Waals surface area (Å²) in [7, 11) is 0. The molecule has 0 bridgehead atoms. The van der Waals surface area contributed by atoms with Crippen LogP contribution < -0.4 is 5.73 Å². The van der Waals surface area contributed by atoms with Gasteiger partial charge in [-0.05, 0) is 41.5 Å². The molecule has 1 saturated carbocycles. The molecule has 3 aromatic rings. The van der Waals surface area contributed by atoms with Gasteiger partial charge in [0.05, 0.1) is 18.1 Å². The molecule has 25 heavy (non-hydrogen) atoms. The normalized spacial score (nSPS) is 14.3. The Bertz CT molecular complexity index is 872. The summed E-state index contributed by atoms with van der Waals surface area (Å²) in [5, 5.41) is 0. The van der Waals surface area contributed by atoms with E-state index >= 15 is 4.39 Å². The molecule has 4 heteroatoms. The fraction of sp³-hybridized carbons (Fsp3) is 0.238. The monoisotopic (exact) mass is 333 g/mol. The molecule has 1 heterocycles. The van der Waals surface area contributed by atoms with Crippen LogP contribution in [-0.4, -0.2) is 9.97 Å². The molecule has 4 rings (SSSR count). The largest absolute Gasteiger partial charge is 0.382 e. The number of nitrogen functional groups attached to an aromatic ring is 1. The average molecular weight is 333 g/mol. The number of anilines is 1. The second-order valence-corrected chi connectivity index (χ2v) is 6.61. The van der Waals surface area contributed by atoms with Crippen molar-refractivity contribution in [2.24, 2.45) is 0 Å².